The van der Waals surface area contributed by atoms with E-state index in [4.69, 9.17) is 0 Å². The summed E-state index contributed by atoms with van der Waals surface area (Å²) in [5, 5.41) is 7.61. The van der Waals surface area contributed by atoms with Gasteiger partial charge in [-0.25, -0.2) is 8.42 Å². The third-order valence-electron chi connectivity index (χ3n) is 6.14. The zero-order chi connectivity index (χ0) is 24.1. The molecule has 3 aromatic rings. The normalized spacial score (nSPS) is 16.1. The Bertz CT molecular complexity index is 1270. The fourth-order valence-corrected chi connectivity index (χ4v) is 5.83. The van der Waals surface area contributed by atoms with Gasteiger partial charge in [-0.15, -0.1) is 0 Å². The number of sulfonamides is 1. The smallest absolute Gasteiger partial charge is 0.243 e. The lowest BCUT2D eigenvalue weighted by Crippen LogP contribution is -2.53. The molecule has 0 unspecified atom stereocenters. The van der Waals surface area contributed by atoms with Crippen LogP contribution in [0.5, 0.6) is 0 Å². The minimum absolute atomic E-state index is 0.150. The van der Waals surface area contributed by atoms with Gasteiger partial charge in [0.15, 0.2) is 0 Å². The number of hydrogen-bond donors (Lipinski definition) is 2. The van der Waals surface area contributed by atoms with Crippen molar-refractivity contribution in [3.05, 3.63) is 78.4 Å². The molecule has 3 aromatic carbocycles. The summed E-state index contributed by atoms with van der Waals surface area (Å²) < 4.78 is 27.8. The van der Waals surface area contributed by atoms with E-state index in [0.717, 1.165) is 16.3 Å². The minimum atomic E-state index is -3.61. The average molecular weight is 480 g/mol. The third-order valence-corrected chi connectivity index (χ3v) is 8.03. The van der Waals surface area contributed by atoms with E-state index in [2.05, 4.69) is 10.6 Å². The van der Waals surface area contributed by atoms with Gasteiger partial charge in [0, 0.05) is 32.5 Å². The van der Waals surface area contributed by atoms with Crippen molar-refractivity contribution in [1.29, 1.82) is 0 Å². The number of carbonyl (C=O) groups is 2. The van der Waals surface area contributed by atoms with Crippen molar-refractivity contribution >= 4 is 32.6 Å². The van der Waals surface area contributed by atoms with Crippen molar-refractivity contribution in [2.75, 3.05) is 13.1 Å². The number of hydrogen-bond acceptors (Lipinski definition) is 4. The molecule has 0 spiro atoms. The lowest BCUT2D eigenvalue weighted by atomic mass is 10.0. The largest absolute Gasteiger partial charge is 0.351 e. The Kier molecular flexibility index (Phi) is 7.29. The topological polar surface area (TPSA) is 95.6 Å². The number of fused-ring (bicyclic) bond motifs is 1. The predicted octanol–water partition coefficient (Wildman–Crippen LogP) is 2.86. The van der Waals surface area contributed by atoms with Crippen LogP contribution in [0, 0.1) is 0 Å². The molecule has 1 heterocycles. The van der Waals surface area contributed by atoms with Crippen LogP contribution in [0.1, 0.15) is 25.3 Å². The predicted molar refractivity (Wildman–Crippen MR) is 132 cm³/mol. The van der Waals surface area contributed by atoms with E-state index >= 15 is 0 Å². The van der Waals surface area contributed by atoms with Gasteiger partial charge in [0.05, 0.1) is 4.90 Å². The van der Waals surface area contributed by atoms with Crippen molar-refractivity contribution in [2.24, 2.45) is 0 Å². The quantitative estimate of drug-likeness (QED) is 0.545. The number of piperidine rings is 1. The average Bonchev–Trinajstić information content (AvgIpc) is 2.84. The summed E-state index contributed by atoms with van der Waals surface area (Å²) in [5.41, 5.74) is 0.952. The summed E-state index contributed by atoms with van der Waals surface area (Å²) in [6.45, 7) is 2.04. The van der Waals surface area contributed by atoms with E-state index < -0.39 is 16.1 Å². The number of benzene rings is 3. The second-order valence-corrected chi connectivity index (χ2v) is 10.6. The fraction of sp³-hybridized carbons (Fsp3) is 0.308. The molecule has 0 bridgehead atoms. The molecule has 1 atom stereocenters. The highest BCUT2D eigenvalue weighted by atomic mass is 32.2. The molecule has 7 nitrogen and oxygen atoms in total. The molecular formula is C26H29N3O4S. The summed E-state index contributed by atoms with van der Waals surface area (Å²) >= 11 is 0. The number of nitrogens with one attached hydrogen (secondary N) is 2. The Morgan fingerprint density at radius 2 is 1.59 bits per heavy atom. The molecule has 1 saturated heterocycles. The van der Waals surface area contributed by atoms with Crippen molar-refractivity contribution in [1.82, 2.24) is 14.9 Å². The first-order valence-electron chi connectivity index (χ1n) is 11.4. The zero-order valence-corrected chi connectivity index (χ0v) is 19.9. The third kappa shape index (κ3) is 5.63. The molecule has 0 radical (unpaired) electrons. The molecule has 2 amide bonds. The van der Waals surface area contributed by atoms with Gasteiger partial charge >= 0.3 is 0 Å². The molecule has 8 heteroatoms. The van der Waals surface area contributed by atoms with Gasteiger partial charge in [-0.05, 0) is 41.3 Å². The van der Waals surface area contributed by atoms with Crippen LogP contribution in [0.25, 0.3) is 10.8 Å². The Morgan fingerprint density at radius 1 is 0.941 bits per heavy atom. The lowest BCUT2D eigenvalue weighted by molar-refractivity contribution is -0.128. The van der Waals surface area contributed by atoms with Gasteiger partial charge < -0.3 is 10.6 Å². The van der Waals surface area contributed by atoms with E-state index in [1.54, 1.807) is 12.1 Å². The first-order valence-corrected chi connectivity index (χ1v) is 12.9. The summed E-state index contributed by atoms with van der Waals surface area (Å²) in [7, 11) is -3.61. The van der Waals surface area contributed by atoms with Crippen LogP contribution in [-0.4, -0.2) is 49.7 Å². The second-order valence-electron chi connectivity index (χ2n) is 8.64. The summed E-state index contributed by atoms with van der Waals surface area (Å²) in [6.07, 6.45) is 1.41. The molecule has 178 valence electrons. The maximum absolute atomic E-state index is 13.2. The SMILES string of the molecule is CC(=O)N[C@@H](Cc1ccccc1)C(=O)NC1CCN(S(=O)(=O)c2ccc3ccccc3c2)CC1. The zero-order valence-electron chi connectivity index (χ0n) is 19.1. The minimum Gasteiger partial charge on any atom is -0.351 e. The van der Waals surface area contributed by atoms with Gasteiger partial charge in [0.2, 0.25) is 21.8 Å². The van der Waals surface area contributed by atoms with Crippen LogP contribution in [0.3, 0.4) is 0 Å². The number of amides is 2. The van der Waals surface area contributed by atoms with Gasteiger partial charge in [-0.2, -0.15) is 4.31 Å². The van der Waals surface area contributed by atoms with E-state index in [1.165, 1.54) is 11.2 Å². The van der Waals surface area contributed by atoms with Gasteiger partial charge in [-0.1, -0.05) is 60.7 Å². The van der Waals surface area contributed by atoms with Gasteiger partial charge in [0.25, 0.3) is 0 Å². The van der Waals surface area contributed by atoms with Crippen LogP contribution < -0.4 is 10.6 Å². The summed E-state index contributed by atoms with van der Waals surface area (Å²) in [4.78, 5) is 24.8. The second kappa shape index (κ2) is 10.4. The molecule has 4 rings (SSSR count). The van der Waals surface area contributed by atoms with Crippen molar-refractivity contribution < 1.29 is 18.0 Å². The Labute approximate surface area is 200 Å². The molecule has 2 N–H and O–H groups in total. The Hall–Kier alpha value is -3.23. The summed E-state index contributed by atoms with van der Waals surface area (Å²) in [6, 6.07) is 21.5. The number of rotatable bonds is 7. The van der Waals surface area contributed by atoms with E-state index in [0.29, 0.717) is 32.4 Å². The highest BCUT2D eigenvalue weighted by Gasteiger charge is 2.31. The number of nitrogens with zero attached hydrogens (tertiary/aromatic N) is 1. The molecule has 0 aromatic heterocycles. The first kappa shape index (κ1) is 23.9. The van der Waals surface area contributed by atoms with Crippen LogP contribution in [0.2, 0.25) is 0 Å². The maximum Gasteiger partial charge on any atom is 0.243 e. The van der Waals surface area contributed by atoms with E-state index in [9.17, 15) is 18.0 Å². The van der Waals surface area contributed by atoms with Crippen LogP contribution in [0.4, 0.5) is 0 Å². The van der Waals surface area contributed by atoms with Crippen LogP contribution in [-0.2, 0) is 26.0 Å². The number of carbonyl (C=O) groups excluding carboxylic acids is 2. The molecule has 0 saturated carbocycles. The maximum atomic E-state index is 13.2. The Balaban J connectivity index is 1.38. The van der Waals surface area contributed by atoms with Gasteiger partial charge in [-0.3, -0.25) is 9.59 Å². The standard InChI is InChI=1S/C26H29N3O4S/c1-19(30)27-25(17-20-7-3-2-4-8-20)26(31)28-23-13-15-29(16-14-23)34(32,33)24-12-11-21-9-5-6-10-22(21)18-24/h2-12,18,23,25H,13-17H2,1H3,(H,27,30)(H,28,31)/t25-/m0/s1. The van der Waals surface area contributed by atoms with Crippen molar-refractivity contribution in [3.63, 3.8) is 0 Å². The first-order chi connectivity index (χ1) is 16.3. The highest BCUT2D eigenvalue weighted by Crippen LogP contribution is 2.24. The molecule has 1 aliphatic rings. The van der Waals surface area contributed by atoms with Crippen LogP contribution in [0.15, 0.2) is 77.7 Å². The van der Waals surface area contributed by atoms with Gasteiger partial charge in [0.1, 0.15) is 6.04 Å². The summed E-state index contributed by atoms with van der Waals surface area (Å²) in [5.74, 6) is -0.526. The molecule has 1 aliphatic heterocycles. The lowest BCUT2D eigenvalue weighted by Gasteiger charge is -2.32. The van der Waals surface area contributed by atoms with Crippen LogP contribution >= 0.6 is 0 Å². The molecule has 34 heavy (non-hydrogen) atoms. The molecular weight excluding hydrogens is 450 g/mol. The van der Waals surface area contributed by atoms with E-state index in [1.807, 2.05) is 60.7 Å². The van der Waals surface area contributed by atoms with Crippen molar-refractivity contribution in [3.8, 4) is 0 Å². The fourth-order valence-electron chi connectivity index (χ4n) is 4.32. The molecule has 0 aliphatic carbocycles. The molecule has 1 fully saturated rings. The highest BCUT2D eigenvalue weighted by molar-refractivity contribution is 7.89. The Morgan fingerprint density at radius 3 is 2.26 bits per heavy atom. The monoisotopic (exact) mass is 479 g/mol. The van der Waals surface area contributed by atoms with E-state index in [-0.39, 0.29) is 22.8 Å². The van der Waals surface area contributed by atoms with Crippen molar-refractivity contribution in [2.45, 2.75) is 43.2 Å².